The quantitative estimate of drug-likeness (QED) is 0.404. The van der Waals surface area contributed by atoms with Gasteiger partial charge in [0.2, 0.25) is 10.0 Å². The van der Waals surface area contributed by atoms with Gasteiger partial charge in [0.25, 0.3) is 5.19 Å². The van der Waals surface area contributed by atoms with Gasteiger partial charge in [-0.25, -0.2) is 13.4 Å². The van der Waals surface area contributed by atoms with Gasteiger partial charge < -0.3 is 9.84 Å². The molecule has 0 aliphatic carbocycles. The van der Waals surface area contributed by atoms with E-state index < -0.39 is 15.6 Å². The number of benzene rings is 2. The van der Waals surface area contributed by atoms with Gasteiger partial charge in [0.1, 0.15) is 6.10 Å². The first-order valence-electron chi connectivity index (χ1n) is 13.4. The van der Waals surface area contributed by atoms with Crippen LogP contribution >= 0.6 is 11.3 Å². The Morgan fingerprint density at radius 2 is 1.87 bits per heavy atom. The van der Waals surface area contributed by atoms with E-state index in [-0.39, 0.29) is 18.3 Å². The molecule has 0 bridgehead atoms. The molecule has 9 heteroatoms. The van der Waals surface area contributed by atoms with Gasteiger partial charge in [-0.2, -0.15) is 4.31 Å². The molecule has 0 amide bonds. The number of hydrogen-bond donors (Lipinski definition) is 1. The minimum atomic E-state index is -3.39. The molecule has 7 nitrogen and oxygen atoms in total. The molecule has 0 saturated carbocycles. The Labute approximate surface area is 229 Å². The first-order valence-corrected chi connectivity index (χ1v) is 15.8. The zero-order valence-corrected chi connectivity index (χ0v) is 23.8. The average Bonchev–Trinajstić information content (AvgIpc) is 3.30. The summed E-state index contributed by atoms with van der Waals surface area (Å²) in [6.07, 6.45) is 5.08. The van der Waals surface area contributed by atoms with Gasteiger partial charge in [-0.1, -0.05) is 53.8 Å². The van der Waals surface area contributed by atoms with Gasteiger partial charge in [-0.3, -0.25) is 4.90 Å². The van der Waals surface area contributed by atoms with Crippen LogP contribution in [0.25, 0.3) is 15.8 Å². The number of rotatable bonds is 9. The molecule has 0 atom stereocenters. The summed E-state index contributed by atoms with van der Waals surface area (Å²) in [5.74, 6) is -0.0404. The second-order valence-electron chi connectivity index (χ2n) is 11.0. The lowest BCUT2D eigenvalue weighted by Gasteiger charge is -2.31. The van der Waals surface area contributed by atoms with E-state index >= 15 is 0 Å². The molecule has 3 heterocycles. The molecule has 204 valence electrons. The highest BCUT2D eigenvalue weighted by molar-refractivity contribution is 7.89. The molecule has 2 aliphatic heterocycles. The largest absolute Gasteiger partial charge is 0.467 e. The van der Waals surface area contributed by atoms with E-state index in [1.165, 1.54) is 9.87 Å². The van der Waals surface area contributed by atoms with Crippen molar-refractivity contribution < 1.29 is 18.3 Å². The average molecular weight is 556 g/mol. The summed E-state index contributed by atoms with van der Waals surface area (Å²) < 4.78 is 34.3. The van der Waals surface area contributed by atoms with Gasteiger partial charge in [0.15, 0.2) is 0 Å². The molecular weight excluding hydrogens is 518 g/mol. The van der Waals surface area contributed by atoms with Crippen molar-refractivity contribution in [3.05, 3.63) is 65.7 Å². The van der Waals surface area contributed by atoms with E-state index in [0.29, 0.717) is 19.5 Å². The minimum Gasteiger partial charge on any atom is -0.467 e. The number of ether oxygens (including phenoxy) is 1. The van der Waals surface area contributed by atoms with E-state index in [9.17, 15) is 13.5 Å². The van der Waals surface area contributed by atoms with Crippen LogP contribution in [0.4, 0.5) is 0 Å². The van der Waals surface area contributed by atoms with Crippen LogP contribution in [-0.2, 0) is 16.6 Å². The minimum absolute atomic E-state index is 0.0404. The Bertz CT molecular complexity index is 1370. The third-order valence-electron chi connectivity index (χ3n) is 7.33. The molecular formula is C29H37N3O4S2. The van der Waals surface area contributed by atoms with E-state index in [4.69, 9.17) is 9.72 Å². The summed E-state index contributed by atoms with van der Waals surface area (Å²) in [5.41, 5.74) is 3.55. The van der Waals surface area contributed by atoms with Crippen LogP contribution in [0.2, 0.25) is 0 Å². The van der Waals surface area contributed by atoms with Crippen LogP contribution in [0.15, 0.2) is 54.6 Å². The number of fused-ring (bicyclic) bond motifs is 1. The summed E-state index contributed by atoms with van der Waals surface area (Å²) in [4.78, 5) is 7.20. The van der Waals surface area contributed by atoms with Crippen molar-refractivity contribution in [3.8, 4) is 5.19 Å². The summed E-state index contributed by atoms with van der Waals surface area (Å²) in [6, 6.07) is 16.8. The maximum absolute atomic E-state index is 12.7. The smallest absolute Gasteiger partial charge is 0.274 e. The number of likely N-dealkylation sites (tertiary alicyclic amines) is 1. The maximum Gasteiger partial charge on any atom is 0.274 e. The van der Waals surface area contributed by atoms with E-state index in [1.807, 2.05) is 12.1 Å². The first-order chi connectivity index (χ1) is 18.1. The Balaban J connectivity index is 1.17. The van der Waals surface area contributed by atoms with Gasteiger partial charge in [0.05, 0.1) is 21.6 Å². The molecule has 1 aromatic heterocycles. The molecule has 3 aromatic rings. The Hall–Kier alpha value is -2.30. The molecule has 2 aliphatic rings. The summed E-state index contributed by atoms with van der Waals surface area (Å²) >= 11 is 1.58. The van der Waals surface area contributed by atoms with E-state index in [2.05, 4.69) is 47.4 Å². The highest BCUT2D eigenvalue weighted by Gasteiger charge is 2.27. The molecule has 1 saturated heterocycles. The Kier molecular flexibility index (Phi) is 8.21. The van der Waals surface area contributed by atoms with Crippen molar-refractivity contribution in [2.24, 2.45) is 0 Å². The van der Waals surface area contributed by atoms with Crippen LogP contribution in [-0.4, -0.2) is 71.4 Å². The van der Waals surface area contributed by atoms with E-state index in [0.717, 1.165) is 59.0 Å². The fourth-order valence-electron chi connectivity index (χ4n) is 5.00. The van der Waals surface area contributed by atoms with Crippen LogP contribution in [0.3, 0.4) is 0 Å². The number of thiazole rings is 1. The van der Waals surface area contributed by atoms with Gasteiger partial charge in [0, 0.05) is 32.7 Å². The molecule has 5 rings (SSSR count). The molecule has 2 aromatic carbocycles. The molecule has 38 heavy (non-hydrogen) atoms. The predicted molar refractivity (Wildman–Crippen MR) is 154 cm³/mol. The molecule has 1 fully saturated rings. The number of nitrogens with zero attached hydrogens (tertiary/aromatic N) is 3. The van der Waals surface area contributed by atoms with Crippen molar-refractivity contribution in [1.29, 1.82) is 0 Å². The lowest BCUT2D eigenvalue weighted by atomic mass is 10.0. The predicted octanol–water partition coefficient (Wildman–Crippen LogP) is 4.92. The lowest BCUT2D eigenvalue weighted by Crippen LogP contribution is -2.38. The summed E-state index contributed by atoms with van der Waals surface area (Å²) in [5, 5.41) is 10.6. The number of aliphatic hydroxyl groups is 1. The van der Waals surface area contributed by atoms with Crippen molar-refractivity contribution in [2.75, 3.05) is 31.9 Å². The van der Waals surface area contributed by atoms with Gasteiger partial charge >= 0.3 is 0 Å². The standard InChI is InChI=1S/C29H37N3O4S2/c1-29(2,33)14-19-38(34,35)32-17-10-23(11-18-32)24-8-9-26-27(20-24)37-28(30-26)36-25-12-15-31(16-13-25)21-22-6-4-3-5-7-22/h3-10,20,25,33H,11-19,21H2,1-2H3. The van der Waals surface area contributed by atoms with E-state index in [1.54, 1.807) is 25.2 Å². The molecule has 0 spiro atoms. The number of sulfonamides is 1. The third kappa shape index (κ3) is 7.01. The third-order valence-corrected chi connectivity index (χ3v) is 10.1. The lowest BCUT2D eigenvalue weighted by molar-refractivity contribution is 0.0769. The zero-order valence-electron chi connectivity index (χ0n) is 22.2. The summed E-state index contributed by atoms with van der Waals surface area (Å²) in [7, 11) is -3.39. The van der Waals surface area contributed by atoms with Crippen LogP contribution < -0.4 is 4.74 Å². The van der Waals surface area contributed by atoms with Crippen molar-refractivity contribution in [2.45, 2.75) is 57.8 Å². The Morgan fingerprint density at radius 1 is 1.11 bits per heavy atom. The fourth-order valence-corrected chi connectivity index (χ4v) is 7.60. The van der Waals surface area contributed by atoms with Gasteiger partial charge in [-0.15, -0.1) is 0 Å². The van der Waals surface area contributed by atoms with Gasteiger partial charge in [-0.05, 0) is 68.4 Å². The topological polar surface area (TPSA) is 83.0 Å². The SMILES string of the molecule is CC(C)(O)CCS(=O)(=O)N1CC=C(c2ccc3nc(OC4CCN(Cc5ccccc5)CC4)sc3c2)CC1. The number of hydrogen-bond acceptors (Lipinski definition) is 7. The van der Waals surface area contributed by atoms with Crippen molar-refractivity contribution >= 4 is 37.1 Å². The second-order valence-corrected chi connectivity index (χ2v) is 14.0. The molecule has 0 radical (unpaired) electrons. The molecule has 1 N–H and O–H groups in total. The summed E-state index contributed by atoms with van der Waals surface area (Å²) in [6.45, 7) is 7.12. The highest BCUT2D eigenvalue weighted by atomic mass is 32.2. The van der Waals surface area contributed by atoms with Crippen molar-refractivity contribution in [3.63, 3.8) is 0 Å². The Morgan fingerprint density at radius 3 is 2.55 bits per heavy atom. The second kappa shape index (κ2) is 11.4. The first kappa shape index (κ1) is 27.3. The number of piperidine rings is 1. The van der Waals surface area contributed by atoms with Crippen LogP contribution in [0, 0.1) is 0 Å². The number of aromatic nitrogens is 1. The normalized spacial score (nSPS) is 18.6. The maximum atomic E-state index is 12.7. The van der Waals surface area contributed by atoms with Crippen LogP contribution in [0.1, 0.15) is 50.7 Å². The highest BCUT2D eigenvalue weighted by Crippen LogP contribution is 2.33. The zero-order chi connectivity index (χ0) is 26.8. The van der Waals surface area contributed by atoms with Crippen molar-refractivity contribution in [1.82, 2.24) is 14.2 Å². The molecule has 0 unspecified atom stereocenters. The van der Waals surface area contributed by atoms with Crippen LogP contribution in [0.5, 0.6) is 5.19 Å². The monoisotopic (exact) mass is 555 g/mol. The fraction of sp³-hybridized carbons (Fsp3) is 0.483.